The van der Waals surface area contributed by atoms with Crippen LogP contribution in [-0.2, 0) is 21.5 Å². The molecule has 0 spiro atoms. The number of nitrogens with zero attached hydrogens (tertiary/aromatic N) is 3. The van der Waals surface area contributed by atoms with E-state index in [9.17, 15) is 14.4 Å². The Morgan fingerprint density at radius 2 is 1.55 bits per heavy atom. The van der Waals surface area contributed by atoms with Crippen molar-refractivity contribution in [3.05, 3.63) is 112 Å². The maximum atomic E-state index is 13.3. The molecule has 0 aliphatic rings. The van der Waals surface area contributed by atoms with E-state index in [1.807, 2.05) is 53.1 Å². The van der Waals surface area contributed by atoms with Gasteiger partial charge in [0.05, 0.1) is 29.3 Å². The smallest absolute Gasteiger partial charge is 0.341 e. The zero-order valence-corrected chi connectivity index (χ0v) is 28.6. The summed E-state index contributed by atoms with van der Waals surface area (Å²) in [5.41, 5.74) is 4.46. The number of nitrogens with one attached hydrogen (secondary N) is 2. The van der Waals surface area contributed by atoms with Gasteiger partial charge in [0.2, 0.25) is 5.91 Å². The van der Waals surface area contributed by atoms with Crippen LogP contribution in [0.25, 0.3) is 11.4 Å². The third-order valence-corrected chi connectivity index (χ3v) is 9.53. The van der Waals surface area contributed by atoms with Gasteiger partial charge in [0.15, 0.2) is 11.0 Å². The minimum Gasteiger partial charge on any atom is -0.462 e. The van der Waals surface area contributed by atoms with Crippen molar-refractivity contribution < 1.29 is 19.1 Å². The van der Waals surface area contributed by atoms with Crippen LogP contribution in [-0.4, -0.2) is 44.9 Å². The van der Waals surface area contributed by atoms with Crippen LogP contribution in [0, 0.1) is 6.92 Å². The fraction of sp³-hybridized carbons (Fsp3) is 0.250. The molecule has 2 aromatic heterocycles. The number of thioether (sulfide) groups is 1. The number of rotatable bonds is 11. The molecule has 2 N–H and O–H groups in total. The molecule has 0 atom stereocenters. The Labute approximate surface area is 282 Å². The molecule has 0 saturated carbocycles. The fourth-order valence-corrected chi connectivity index (χ4v) is 6.75. The van der Waals surface area contributed by atoms with Crippen LogP contribution in [0.1, 0.15) is 64.4 Å². The molecule has 5 aromatic rings. The maximum absolute atomic E-state index is 13.3. The highest BCUT2D eigenvalue weighted by Crippen LogP contribution is 2.35. The van der Waals surface area contributed by atoms with Crippen molar-refractivity contribution >= 4 is 51.6 Å². The van der Waals surface area contributed by atoms with E-state index in [1.165, 1.54) is 17.3 Å². The molecule has 0 saturated heterocycles. The fourth-order valence-electron chi connectivity index (χ4n) is 4.91. The monoisotopic (exact) mass is 667 g/mol. The highest BCUT2D eigenvalue weighted by Gasteiger charge is 2.27. The van der Waals surface area contributed by atoms with E-state index in [-0.39, 0.29) is 40.2 Å². The number of carbonyl (C=O) groups is 3. The number of para-hydroxylation sites is 1. The van der Waals surface area contributed by atoms with Crippen molar-refractivity contribution in [2.75, 3.05) is 23.0 Å². The lowest BCUT2D eigenvalue weighted by molar-refractivity contribution is -0.113. The number of thiophene rings is 1. The van der Waals surface area contributed by atoms with E-state index in [0.29, 0.717) is 33.7 Å². The first-order chi connectivity index (χ1) is 22.5. The Morgan fingerprint density at radius 1 is 0.894 bits per heavy atom. The van der Waals surface area contributed by atoms with Gasteiger partial charge in [-0.15, -0.1) is 21.5 Å². The van der Waals surface area contributed by atoms with Crippen LogP contribution in [0.3, 0.4) is 0 Å². The average molecular weight is 668 g/mol. The number of anilines is 2. The van der Waals surface area contributed by atoms with Crippen molar-refractivity contribution in [3.8, 4) is 11.4 Å². The van der Waals surface area contributed by atoms with Gasteiger partial charge in [0.1, 0.15) is 5.00 Å². The number of hydrogen-bond acceptors (Lipinski definition) is 8. The van der Waals surface area contributed by atoms with E-state index in [0.717, 1.165) is 22.5 Å². The number of amides is 2. The third kappa shape index (κ3) is 8.16. The second kappa shape index (κ2) is 14.8. The maximum Gasteiger partial charge on any atom is 0.341 e. The molecule has 0 bridgehead atoms. The van der Waals surface area contributed by atoms with E-state index in [2.05, 4.69) is 65.9 Å². The highest BCUT2D eigenvalue weighted by atomic mass is 32.2. The summed E-state index contributed by atoms with van der Waals surface area (Å²) in [5.74, 6) is -0.642. The second-order valence-electron chi connectivity index (χ2n) is 11.8. The largest absolute Gasteiger partial charge is 0.462 e. The molecule has 3 aromatic carbocycles. The van der Waals surface area contributed by atoms with Gasteiger partial charge in [-0.3, -0.25) is 14.2 Å². The number of ether oxygens (including phenoxy) is 1. The first kappa shape index (κ1) is 33.6. The van der Waals surface area contributed by atoms with Crippen molar-refractivity contribution in [1.82, 2.24) is 14.8 Å². The Balaban J connectivity index is 1.37. The minimum absolute atomic E-state index is 0.000638. The molecule has 2 heterocycles. The Kier molecular flexibility index (Phi) is 10.6. The molecule has 47 heavy (non-hydrogen) atoms. The molecule has 2 amide bonds. The van der Waals surface area contributed by atoms with Gasteiger partial charge in [-0.1, -0.05) is 105 Å². The van der Waals surface area contributed by atoms with Gasteiger partial charge in [-0.25, -0.2) is 4.79 Å². The van der Waals surface area contributed by atoms with Gasteiger partial charge < -0.3 is 15.4 Å². The summed E-state index contributed by atoms with van der Waals surface area (Å²) in [6.07, 6.45) is 0. The second-order valence-corrected chi connectivity index (χ2v) is 13.8. The molecule has 9 nitrogen and oxygen atoms in total. The summed E-state index contributed by atoms with van der Waals surface area (Å²) in [6.45, 7) is 10.6. The molecule has 5 rings (SSSR count). The van der Waals surface area contributed by atoms with E-state index in [4.69, 9.17) is 4.74 Å². The Bertz CT molecular complexity index is 1860. The Hall–Kier alpha value is -4.74. The molecule has 0 fully saturated rings. The predicted octanol–water partition coefficient (Wildman–Crippen LogP) is 7.82. The van der Waals surface area contributed by atoms with E-state index in [1.54, 1.807) is 26.0 Å². The predicted molar refractivity (Wildman–Crippen MR) is 188 cm³/mol. The van der Waals surface area contributed by atoms with Crippen molar-refractivity contribution in [3.63, 3.8) is 0 Å². The lowest BCUT2D eigenvalue weighted by Crippen LogP contribution is -2.17. The normalized spacial score (nSPS) is 11.3. The number of aromatic nitrogens is 3. The van der Waals surface area contributed by atoms with Gasteiger partial charge in [-0.05, 0) is 48.1 Å². The number of benzene rings is 3. The van der Waals surface area contributed by atoms with Crippen LogP contribution < -0.4 is 10.6 Å². The summed E-state index contributed by atoms with van der Waals surface area (Å²) in [4.78, 5) is 39.8. The quantitative estimate of drug-likeness (QED) is 0.109. The zero-order valence-electron chi connectivity index (χ0n) is 27.0. The van der Waals surface area contributed by atoms with Gasteiger partial charge in [0.25, 0.3) is 5.91 Å². The van der Waals surface area contributed by atoms with Crippen LogP contribution in [0.4, 0.5) is 10.7 Å². The van der Waals surface area contributed by atoms with E-state index >= 15 is 0 Å². The van der Waals surface area contributed by atoms with Crippen molar-refractivity contribution in [2.45, 2.75) is 51.7 Å². The third-order valence-electron chi connectivity index (χ3n) is 7.36. The lowest BCUT2D eigenvalue weighted by atomic mass is 9.87. The van der Waals surface area contributed by atoms with Crippen LogP contribution in [0.2, 0.25) is 0 Å². The standard InChI is InChI=1S/C36H37N5O4S2/c1-6-45-34(44)29-23(2)30(32(43)37-27-15-11-8-12-16-27)47-33(29)38-28(42)22-46-35-40-39-31(41(35)21-24-13-9-7-10-14-24)25-17-19-26(20-18-25)36(3,4)5/h7-20H,6,21-22H2,1-5H3,(H,37,43)(H,38,42). The summed E-state index contributed by atoms with van der Waals surface area (Å²) >= 11 is 2.29. The summed E-state index contributed by atoms with van der Waals surface area (Å²) in [7, 11) is 0. The van der Waals surface area contributed by atoms with Gasteiger partial charge >= 0.3 is 5.97 Å². The molecule has 0 aliphatic carbocycles. The first-order valence-corrected chi connectivity index (χ1v) is 17.0. The van der Waals surface area contributed by atoms with Gasteiger partial charge in [0, 0.05) is 11.3 Å². The topological polar surface area (TPSA) is 115 Å². The molecule has 242 valence electrons. The summed E-state index contributed by atoms with van der Waals surface area (Å²) in [5, 5.41) is 15.5. The van der Waals surface area contributed by atoms with E-state index < -0.39 is 5.97 Å². The molecule has 0 aliphatic heterocycles. The number of carbonyl (C=O) groups excluding carboxylic acids is 3. The van der Waals surface area contributed by atoms with Crippen molar-refractivity contribution in [2.24, 2.45) is 0 Å². The van der Waals surface area contributed by atoms with Crippen LogP contribution in [0.5, 0.6) is 0 Å². The van der Waals surface area contributed by atoms with Crippen molar-refractivity contribution in [1.29, 1.82) is 0 Å². The highest BCUT2D eigenvalue weighted by molar-refractivity contribution is 7.99. The number of esters is 1. The zero-order chi connectivity index (χ0) is 33.6. The first-order valence-electron chi connectivity index (χ1n) is 15.2. The average Bonchev–Trinajstić information content (AvgIpc) is 3.60. The van der Waals surface area contributed by atoms with Crippen LogP contribution >= 0.6 is 23.1 Å². The molecule has 11 heteroatoms. The van der Waals surface area contributed by atoms with Gasteiger partial charge in [-0.2, -0.15) is 0 Å². The minimum atomic E-state index is -0.604. The van der Waals surface area contributed by atoms with Crippen LogP contribution in [0.15, 0.2) is 90.1 Å². The lowest BCUT2D eigenvalue weighted by Gasteiger charge is -2.19. The molecule has 0 unspecified atom stereocenters. The SMILES string of the molecule is CCOC(=O)c1c(NC(=O)CSc2nnc(-c3ccc(C(C)(C)C)cc3)n2Cc2ccccc2)sc(C(=O)Nc2ccccc2)c1C. The Morgan fingerprint density at radius 3 is 2.19 bits per heavy atom. The summed E-state index contributed by atoms with van der Waals surface area (Å²) < 4.78 is 7.28. The summed E-state index contributed by atoms with van der Waals surface area (Å²) in [6, 6.07) is 27.4. The molecular formula is C36H37N5O4S2. The number of hydrogen-bond donors (Lipinski definition) is 2. The molecule has 0 radical (unpaired) electrons. The molecular weight excluding hydrogens is 631 g/mol.